The van der Waals surface area contributed by atoms with Crippen molar-refractivity contribution in [2.45, 2.75) is 45.1 Å². The summed E-state index contributed by atoms with van der Waals surface area (Å²) < 4.78 is 0. The van der Waals surface area contributed by atoms with Crippen molar-refractivity contribution in [1.82, 2.24) is 5.32 Å². The molecule has 1 unspecified atom stereocenters. The number of hydrogen-bond donors (Lipinski definition) is 1. The van der Waals surface area contributed by atoms with E-state index in [1.165, 1.54) is 19.3 Å². The van der Waals surface area contributed by atoms with Crippen molar-refractivity contribution >= 4 is 5.91 Å². The van der Waals surface area contributed by atoms with E-state index in [-0.39, 0.29) is 0 Å². The van der Waals surface area contributed by atoms with Gasteiger partial charge in [-0.15, -0.1) is 0 Å². The van der Waals surface area contributed by atoms with E-state index in [2.05, 4.69) is 12.2 Å². The van der Waals surface area contributed by atoms with Gasteiger partial charge in [0.1, 0.15) is 0 Å². The van der Waals surface area contributed by atoms with Gasteiger partial charge in [-0.25, -0.2) is 0 Å². The Hall–Kier alpha value is -0.530. The highest BCUT2D eigenvalue weighted by Crippen LogP contribution is 2.33. The van der Waals surface area contributed by atoms with Crippen molar-refractivity contribution in [1.29, 1.82) is 0 Å². The molecular weight excluding hydrogens is 150 g/mol. The number of rotatable bonds is 3. The van der Waals surface area contributed by atoms with Crippen molar-refractivity contribution in [3.05, 3.63) is 0 Å². The van der Waals surface area contributed by atoms with Crippen LogP contribution in [0.3, 0.4) is 0 Å². The summed E-state index contributed by atoms with van der Waals surface area (Å²) in [7, 11) is 0. The van der Waals surface area contributed by atoms with E-state index >= 15 is 0 Å². The SMILES string of the molecule is CC(NC(=O)C1CCC1)C1CC1. The summed E-state index contributed by atoms with van der Waals surface area (Å²) in [6.45, 7) is 2.13. The molecule has 2 aliphatic rings. The van der Waals surface area contributed by atoms with Gasteiger partial charge in [-0.3, -0.25) is 4.79 Å². The maximum Gasteiger partial charge on any atom is 0.223 e. The minimum Gasteiger partial charge on any atom is -0.353 e. The molecule has 1 atom stereocenters. The van der Waals surface area contributed by atoms with Crippen LogP contribution in [0.5, 0.6) is 0 Å². The zero-order chi connectivity index (χ0) is 8.55. The van der Waals surface area contributed by atoms with E-state index in [4.69, 9.17) is 0 Å². The molecule has 0 bridgehead atoms. The number of carbonyl (C=O) groups excluding carboxylic acids is 1. The van der Waals surface area contributed by atoms with Crippen LogP contribution in [0.15, 0.2) is 0 Å². The fraction of sp³-hybridized carbons (Fsp3) is 0.900. The minimum atomic E-state index is 0.306. The molecule has 0 aromatic heterocycles. The van der Waals surface area contributed by atoms with E-state index in [1.807, 2.05) is 0 Å². The Morgan fingerprint density at radius 2 is 2.00 bits per heavy atom. The lowest BCUT2D eigenvalue weighted by molar-refractivity contribution is -0.128. The molecule has 0 radical (unpaired) electrons. The first kappa shape index (κ1) is 8.09. The van der Waals surface area contributed by atoms with Gasteiger partial charge in [-0.2, -0.15) is 0 Å². The Morgan fingerprint density at radius 1 is 1.33 bits per heavy atom. The molecule has 0 saturated heterocycles. The molecule has 2 rings (SSSR count). The second-order valence-corrected chi connectivity index (χ2v) is 4.26. The summed E-state index contributed by atoms with van der Waals surface area (Å²) in [5.41, 5.74) is 0. The van der Waals surface area contributed by atoms with Gasteiger partial charge in [0.15, 0.2) is 0 Å². The minimum absolute atomic E-state index is 0.306. The highest BCUT2D eigenvalue weighted by Gasteiger charge is 2.32. The van der Waals surface area contributed by atoms with Crippen LogP contribution in [0.25, 0.3) is 0 Å². The molecule has 1 amide bonds. The van der Waals surface area contributed by atoms with Crippen LogP contribution in [0.1, 0.15) is 39.0 Å². The monoisotopic (exact) mass is 167 g/mol. The summed E-state index contributed by atoms with van der Waals surface area (Å²) >= 11 is 0. The average molecular weight is 167 g/mol. The van der Waals surface area contributed by atoms with E-state index in [0.717, 1.165) is 18.8 Å². The maximum atomic E-state index is 11.5. The molecule has 0 aromatic rings. The molecule has 2 fully saturated rings. The Labute approximate surface area is 73.7 Å². The molecule has 0 aliphatic heterocycles. The number of amides is 1. The van der Waals surface area contributed by atoms with Crippen molar-refractivity contribution in [3.63, 3.8) is 0 Å². The molecule has 2 nitrogen and oxygen atoms in total. The molecule has 0 spiro atoms. The second-order valence-electron chi connectivity index (χ2n) is 4.26. The summed E-state index contributed by atoms with van der Waals surface area (Å²) in [6.07, 6.45) is 6.10. The fourth-order valence-electron chi connectivity index (χ4n) is 1.73. The van der Waals surface area contributed by atoms with Crippen molar-refractivity contribution in [2.75, 3.05) is 0 Å². The Bertz CT molecular complexity index is 182. The third-order valence-corrected chi connectivity index (χ3v) is 3.18. The molecule has 0 heterocycles. The van der Waals surface area contributed by atoms with Crippen molar-refractivity contribution < 1.29 is 4.79 Å². The second kappa shape index (κ2) is 3.08. The third-order valence-electron chi connectivity index (χ3n) is 3.18. The quantitative estimate of drug-likeness (QED) is 0.681. The Morgan fingerprint density at radius 3 is 2.42 bits per heavy atom. The smallest absolute Gasteiger partial charge is 0.223 e. The van der Waals surface area contributed by atoms with Crippen LogP contribution in [0.2, 0.25) is 0 Å². The predicted molar refractivity (Wildman–Crippen MR) is 47.7 cm³/mol. The summed E-state index contributed by atoms with van der Waals surface area (Å²) in [5.74, 6) is 1.45. The van der Waals surface area contributed by atoms with Crippen molar-refractivity contribution in [2.24, 2.45) is 11.8 Å². The van der Waals surface area contributed by atoms with Gasteiger partial charge in [0.2, 0.25) is 5.91 Å². The van der Waals surface area contributed by atoms with Gasteiger partial charge < -0.3 is 5.32 Å². The lowest BCUT2D eigenvalue weighted by Crippen LogP contribution is -2.40. The van der Waals surface area contributed by atoms with E-state index in [9.17, 15) is 4.79 Å². The highest BCUT2D eigenvalue weighted by molar-refractivity contribution is 5.79. The predicted octanol–water partition coefficient (Wildman–Crippen LogP) is 1.70. The summed E-state index contributed by atoms with van der Waals surface area (Å²) in [6, 6.07) is 0.429. The molecule has 0 aromatic carbocycles. The Balaban J connectivity index is 1.73. The zero-order valence-electron chi connectivity index (χ0n) is 7.68. The number of nitrogens with one attached hydrogen (secondary N) is 1. The lowest BCUT2D eigenvalue weighted by atomic mass is 9.84. The van der Waals surface area contributed by atoms with Gasteiger partial charge >= 0.3 is 0 Å². The third kappa shape index (κ3) is 1.62. The maximum absolute atomic E-state index is 11.5. The average Bonchev–Trinajstić information content (AvgIpc) is 2.61. The lowest BCUT2D eigenvalue weighted by Gasteiger charge is -2.26. The van der Waals surface area contributed by atoms with Crippen LogP contribution in [-0.2, 0) is 4.79 Å². The first-order valence-electron chi connectivity index (χ1n) is 5.08. The van der Waals surface area contributed by atoms with E-state index in [1.54, 1.807) is 0 Å². The molecule has 2 heteroatoms. The number of carbonyl (C=O) groups is 1. The van der Waals surface area contributed by atoms with Gasteiger partial charge in [-0.1, -0.05) is 6.42 Å². The van der Waals surface area contributed by atoms with Gasteiger partial charge in [-0.05, 0) is 38.5 Å². The Kier molecular flexibility index (Phi) is 2.07. The first-order valence-corrected chi connectivity index (χ1v) is 5.08. The number of hydrogen-bond acceptors (Lipinski definition) is 1. The van der Waals surface area contributed by atoms with Gasteiger partial charge in [0.25, 0.3) is 0 Å². The molecule has 2 aliphatic carbocycles. The van der Waals surface area contributed by atoms with Crippen LogP contribution in [0, 0.1) is 11.8 Å². The molecule has 2 saturated carbocycles. The van der Waals surface area contributed by atoms with Crippen LogP contribution in [-0.4, -0.2) is 11.9 Å². The molecular formula is C10H17NO. The van der Waals surface area contributed by atoms with Crippen LogP contribution < -0.4 is 5.32 Å². The standard InChI is InChI=1S/C10H17NO/c1-7(8-5-6-8)11-10(12)9-3-2-4-9/h7-9H,2-6H2,1H3,(H,11,12). The first-order chi connectivity index (χ1) is 5.77. The molecule has 1 N–H and O–H groups in total. The zero-order valence-corrected chi connectivity index (χ0v) is 7.68. The fourth-order valence-corrected chi connectivity index (χ4v) is 1.73. The largest absolute Gasteiger partial charge is 0.353 e. The van der Waals surface area contributed by atoms with E-state index in [0.29, 0.717) is 17.9 Å². The molecule has 68 valence electrons. The van der Waals surface area contributed by atoms with E-state index < -0.39 is 0 Å². The highest BCUT2D eigenvalue weighted by atomic mass is 16.2. The topological polar surface area (TPSA) is 29.1 Å². The van der Waals surface area contributed by atoms with Crippen molar-refractivity contribution in [3.8, 4) is 0 Å². The normalized spacial score (nSPS) is 26.1. The summed E-state index contributed by atoms with van der Waals surface area (Å²) in [5, 5.41) is 3.10. The van der Waals surface area contributed by atoms with Crippen LogP contribution in [0.4, 0.5) is 0 Å². The van der Waals surface area contributed by atoms with Gasteiger partial charge in [0.05, 0.1) is 0 Å². The summed E-state index contributed by atoms with van der Waals surface area (Å²) in [4.78, 5) is 11.5. The van der Waals surface area contributed by atoms with Gasteiger partial charge in [0, 0.05) is 12.0 Å². The van der Waals surface area contributed by atoms with Crippen LogP contribution >= 0.6 is 0 Å². The molecule has 12 heavy (non-hydrogen) atoms.